The maximum atomic E-state index is 12.8. The van der Waals surface area contributed by atoms with Crippen molar-refractivity contribution >= 4 is 28.5 Å². The van der Waals surface area contributed by atoms with Gasteiger partial charge >= 0.3 is 0 Å². The van der Waals surface area contributed by atoms with Crippen LogP contribution in [0, 0.1) is 11.3 Å². The fourth-order valence-corrected chi connectivity index (χ4v) is 4.20. The van der Waals surface area contributed by atoms with E-state index in [0.29, 0.717) is 41.1 Å². The number of anilines is 1. The summed E-state index contributed by atoms with van der Waals surface area (Å²) in [6, 6.07) is 14.9. The molecule has 0 spiro atoms. The molecule has 3 aromatic rings. The van der Waals surface area contributed by atoms with Gasteiger partial charge in [-0.3, -0.25) is 10.1 Å². The van der Waals surface area contributed by atoms with Gasteiger partial charge in [-0.15, -0.1) is 11.3 Å². The summed E-state index contributed by atoms with van der Waals surface area (Å²) in [5.41, 5.74) is 2.14. The first-order valence-corrected chi connectivity index (χ1v) is 12.9. The number of unbranched alkanes of at least 4 members (excludes halogenated alkanes) is 3. The molecule has 0 fully saturated rings. The van der Waals surface area contributed by atoms with Crippen molar-refractivity contribution in [2.24, 2.45) is 0 Å². The standard InChI is InChI=1S/C28H31N3O4S/c1-4-6-7-10-15-35-25-14-13-20(17-26(25)33-3)16-21(18-29)27(32)31-28-30-23(19-36-28)22-11-8-9-12-24(22)34-5-2/h8-9,11-14,16-17,19H,4-7,10,15H2,1-3H3,(H,30,31,32)/b21-16+. The van der Waals surface area contributed by atoms with E-state index in [1.54, 1.807) is 25.3 Å². The van der Waals surface area contributed by atoms with Gasteiger partial charge in [-0.1, -0.05) is 44.4 Å². The summed E-state index contributed by atoms with van der Waals surface area (Å²) in [6.45, 7) is 5.24. The number of rotatable bonds is 13. The molecule has 0 aliphatic carbocycles. The molecule has 1 amide bonds. The highest BCUT2D eigenvalue weighted by Crippen LogP contribution is 2.33. The molecule has 2 aromatic carbocycles. The van der Waals surface area contributed by atoms with E-state index < -0.39 is 5.91 Å². The number of aromatic nitrogens is 1. The van der Waals surface area contributed by atoms with Crippen LogP contribution in [0.25, 0.3) is 17.3 Å². The molecule has 36 heavy (non-hydrogen) atoms. The van der Waals surface area contributed by atoms with E-state index in [1.165, 1.54) is 30.3 Å². The summed E-state index contributed by atoms with van der Waals surface area (Å²) >= 11 is 1.28. The summed E-state index contributed by atoms with van der Waals surface area (Å²) in [5.74, 6) is 1.38. The molecule has 1 N–H and O–H groups in total. The van der Waals surface area contributed by atoms with E-state index in [0.717, 1.165) is 24.2 Å². The van der Waals surface area contributed by atoms with E-state index in [2.05, 4.69) is 17.2 Å². The highest BCUT2D eigenvalue weighted by Gasteiger charge is 2.15. The zero-order chi connectivity index (χ0) is 25.8. The Labute approximate surface area is 216 Å². The number of thiazole rings is 1. The van der Waals surface area contributed by atoms with Gasteiger partial charge in [-0.25, -0.2) is 4.98 Å². The molecule has 0 aliphatic rings. The number of hydrogen-bond donors (Lipinski definition) is 1. The monoisotopic (exact) mass is 505 g/mol. The number of carbonyl (C=O) groups is 1. The van der Waals surface area contributed by atoms with E-state index in [-0.39, 0.29) is 5.57 Å². The molecule has 0 atom stereocenters. The van der Waals surface area contributed by atoms with Crippen LogP contribution < -0.4 is 19.5 Å². The predicted molar refractivity (Wildman–Crippen MR) is 144 cm³/mol. The Morgan fingerprint density at radius 2 is 1.92 bits per heavy atom. The Morgan fingerprint density at radius 3 is 2.67 bits per heavy atom. The van der Waals surface area contributed by atoms with Crippen molar-refractivity contribution in [1.82, 2.24) is 4.98 Å². The first-order chi connectivity index (χ1) is 17.6. The minimum Gasteiger partial charge on any atom is -0.493 e. The largest absolute Gasteiger partial charge is 0.493 e. The molecular formula is C28H31N3O4S. The van der Waals surface area contributed by atoms with Crippen LogP contribution in [0.4, 0.5) is 5.13 Å². The third-order valence-corrected chi connectivity index (χ3v) is 6.06. The van der Waals surface area contributed by atoms with Gasteiger partial charge in [0.25, 0.3) is 5.91 Å². The van der Waals surface area contributed by atoms with Crippen LogP contribution in [0.1, 0.15) is 45.1 Å². The van der Waals surface area contributed by atoms with Crippen LogP contribution in [-0.2, 0) is 4.79 Å². The van der Waals surface area contributed by atoms with Gasteiger partial charge in [0.15, 0.2) is 16.6 Å². The third kappa shape index (κ3) is 7.33. The summed E-state index contributed by atoms with van der Waals surface area (Å²) in [5, 5.41) is 14.6. The number of hydrogen-bond acceptors (Lipinski definition) is 7. The van der Waals surface area contributed by atoms with Crippen molar-refractivity contribution < 1.29 is 19.0 Å². The summed E-state index contributed by atoms with van der Waals surface area (Å²) in [7, 11) is 1.56. The van der Waals surface area contributed by atoms with Gasteiger partial charge < -0.3 is 14.2 Å². The van der Waals surface area contributed by atoms with Crippen LogP contribution >= 0.6 is 11.3 Å². The van der Waals surface area contributed by atoms with E-state index in [1.807, 2.05) is 42.6 Å². The lowest BCUT2D eigenvalue weighted by Gasteiger charge is -2.11. The van der Waals surface area contributed by atoms with Crippen molar-refractivity contribution in [3.63, 3.8) is 0 Å². The molecule has 0 unspecified atom stereocenters. The highest BCUT2D eigenvalue weighted by molar-refractivity contribution is 7.14. The van der Waals surface area contributed by atoms with Crippen LogP contribution in [-0.4, -0.2) is 31.2 Å². The molecule has 0 radical (unpaired) electrons. The lowest BCUT2D eigenvalue weighted by atomic mass is 10.1. The Hall–Kier alpha value is -3.83. The molecular weight excluding hydrogens is 474 g/mol. The Bertz CT molecular complexity index is 1230. The van der Waals surface area contributed by atoms with Gasteiger partial charge in [0.2, 0.25) is 0 Å². The zero-order valence-corrected chi connectivity index (χ0v) is 21.7. The number of carbonyl (C=O) groups excluding carboxylic acids is 1. The van der Waals surface area contributed by atoms with Crippen molar-refractivity contribution in [3.8, 4) is 34.6 Å². The smallest absolute Gasteiger partial charge is 0.268 e. The van der Waals surface area contributed by atoms with Gasteiger partial charge in [-0.2, -0.15) is 5.26 Å². The number of ether oxygens (including phenoxy) is 3. The average Bonchev–Trinajstić information content (AvgIpc) is 3.36. The summed E-state index contributed by atoms with van der Waals surface area (Å²) in [4.78, 5) is 17.3. The minimum absolute atomic E-state index is 0.0447. The molecule has 0 saturated carbocycles. The first kappa shape index (κ1) is 26.8. The Balaban J connectivity index is 1.70. The molecule has 1 heterocycles. The second kappa shape index (κ2) is 13.9. The van der Waals surface area contributed by atoms with Crippen LogP contribution in [0.2, 0.25) is 0 Å². The molecule has 3 rings (SSSR count). The van der Waals surface area contributed by atoms with Crippen LogP contribution in [0.3, 0.4) is 0 Å². The second-order valence-corrected chi connectivity index (χ2v) is 8.77. The molecule has 8 heteroatoms. The quantitative estimate of drug-likeness (QED) is 0.157. The fourth-order valence-electron chi connectivity index (χ4n) is 3.50. The summed E-state index contributed by atoms with van der Waals surface area (Å²) in [6.07, 6.45) is 5.98. The molecule has 0 saturated heterocycles. The number of para-hydroxylation sites is 1. The van der Waals surface area contributed by atoms with E-state index in [4.69, 9.17) is 14.2 Å². The van der Waals surface area contributed by atoms with Crippen molar-refractivity contribution in [2.45, 2.75) is 39.5 Å². The number of nitriles is 1. The van der Waals surface area contributed by atoms with Gasteiger partial charge in [0.05, 0.1) is 26.0 Å². The van der Waals surface area contributed by atoms with Crippen molar-refractivity contribution in [1.29, 1.82) is 5.26 Å². The molecule has 1 aromatic heterocycles. The van der Waals surface area contributed by atoms with Gasteiger partial charge in [0.1, 0.15) is 17.4 Å². The highest BCUT2D eigenvalue weighted by atomic mass is 32.1. The van der Waals surface area contributed by atoms with Crippen molar-refractivity contribution in [2.75, 3.05) is 25.6 Å². The fraction of sp³-hybridized carbons (Fsp3) is 0.321. The van der Waals surface area contributed by atoms with Gasteiger partial charge in [-0.05, 0) is 49.2 Å². The molecule has 7 nitrogen and oxygen atoms in total. The predicted octanol–water partition coefficient (Wildman–Crippen LogP) is 6.72. The topological polar surface area (TPSA) is 93.5 Å². The lowest BCUT2D eigenvalue weighted by molar-refractivity contribution is -0.112. The Morgan fingerprint density at radius 1 is 1.08 bits per heavy atom. The van der Waals surface area contributed by atoms with Crippen molar-refractivity contribution in [3.05, 3.63) is 59.0 Å². The molecule has 0 bridgehead atoms. The second-order valence-electron chi connectivity index (χ2n) is 7.91. The summed E-state index contributed by atoms with van der Waals surface area (Å²) < 4.78 is 17.0. The number of benzene rings is 2. The van der Waals surface area contributed by atoms with Gasteiger partial charge in [0, 0.05) is 10.9 Å². The maximum absolute atomic E-state index is 12.8. The molecule has 188 valence electrons. The average molecular weight is 506 g/mol. The van der Waals surface area contributed by atoms with E-state index in [9.17, 15) is 10.1 Å². The SMILES string of the molecule is CCCCCCOc1ccc(/C=C(\C#N)C(=O)Nc2nc(-c3ccccc3OCC)cs2)cc1OC. The van der Waals surface area contributed by atoms with Crippen LogP contribution in [0.15, 0.2) is 53.4 Å². The number of methoxy groups -OCH3 is 1. The molecule has 0 aliphatic heterocycles. The number of amides is 1. The minimum atomic E-state index is -0.535. The number of nitrogens with one attached hydrogen (secondary N) is 1. The normalized spacial score (nSPS) is 11.0. The lowest BCUT2D eigenvalue weighted by Crippen LogP contribution is -2.13. The zero-order valence-electron chi connectivity index (χ0n) is 20.9. The van der Waals surface area contributed by atoms with Crippen LogP contribution in [0.5, 0.6) is 17.2 Å². The Kier molecular flexibility index (Phi) is 10.3. The first-order valence-electron chi connectivity index (χ1n) is 12.0. The maximum Gasteiger partial charge on any atom is 0.268 e. The third-order valence-electron chi connectivity index (χ3n) is 5.31. The number of nitrogens with zero attached hydrogens (tertiary/aromatic N) is 2. The van der Waals surface area contributed by atoms with E-state index >= 15 is 0 Å².